The van der Waals surface area contributed by atoms with Gasteiger partial charge in [0.25, 0.3) is 5.91 Å². The Hall–Kier alpha value is -1.66. The molecule has 2 aliphatic rings. The molecule has 122 valence electrons. The van der Waals surface area contributed by atoms with Crippen molar-refractivity contribution in [1.82, 2.24) is 14.6 Å². The molecule has 6 heteroatoms. The van der Waals surface area contributed by atoms with Crippen molar-refractivity contribution in [2.45, 2.75) is 43.8 Å². The van der Waals surface area contributed by atoms with Crippen LogP contribution >= 0.6 is 11.5 Å². The molecule has 2 aliphatic heterocycles. The van der Waals surface area contributed by atoms with Gasteiger partial charge in [0.05, 0.1) is 11.8 Å². The number of hydrogen-bond donors (Lipinski definition) is 1. The first-order valence-corrected chi connectivity index (χ1v) is 8.89. The predicted molar refractivity (Wildman–Crippen MR) is 91.2 cm³/mol. The average molecular weight is 331 g/mol. The van der Waals surface area contributed by atoms with E-state index in [0.29, 0.717) is 17.8 Å². The lowest BCUT2D eigenvalue weighted by molar-refractivity contribution is 0.0880. The zero-order valence-corrected chi connectivity index (χ0v) is 14.2. The van der Waals surface area contributed by atoms with E-state index >= 15 is 0 Å². The molecular weight excluding hydrogens is 310 g/mol. The van der Waals surface area contributed by atoms with E-state index in [2.05, 4.69) is 21.6 Å². The number of benzene rings is 1. The van der Waals surface area contributed by atoms with Crippen molar-refractivity contribution in [2.75, 3.05) is 14.2 Å². The van der Waals surface area contributed by atoms with Gasteiger partial charge < -0.3 is 15.0 Å². The summed E-state index contributed by atoms with van der Waals surface area (Å²) in [6.07, 6.45) is 4.61. The monoisotopic (exact) mass is 331 g/mol. The first-order valence-electron chi connectivity index (χ1n) is 8.12. The highest BCUT2D eigenvalue weighted by Gasteiger charge is 2.39. The highest BCUT2D eigenvalue weighted by molar-refractivity contribution is 7.13. The van der Waals surface area contributed by atoms with Crippen LogP contribution in [-0.2, 0) is 0 Å². The lowest BCUT2D eigenvalue weighted by Crippen LogP contribution is -2.48. The van der Waals surface area contributed by atoms with Crippen LogP contribution in [-0.4, -0.2) is 47.5 Å². The minimum Gasteiger partial charge on any atom is -0.497 e. The quantitative estimate of drug-likeness (QED) is 0.939. The van der Waals surface area contributed by atoms with Crippen LogP contribution in [0.15, 0.2) is 18.2 Å². The van der Waals surface area contributed by atoms with Crippen molar-refractivity contribution in [3.63, 3.8) is 0 Å². The molecule has 23 heavy (non-hydrogen) atoms. The Labute approximate surface area is 139 Å². The SMILES string of the molecule is COc1ccc2c(C(=O)NC3CC4CCC(C3)N4C)nsc2c1. The summed E-state index contributed by atoms with van der Waals surface area (Å²) in [5.41, 5.74) is 0.541. The lowest BCUT2D eigenvalue weighted by Gasteiger charge is -2.36. The van der Waals surface area contributed by atoms with Gasteiger partial charge in [-0.05, 0) is 62.5 Å². The number of nitrogens with zero attached hydrogens (tertiary/aromatic N) is 2. The molecule has 0 radical (unpaired) electrons. The van der Waals surface area contributed by atoms with E-state index in [1.165, 1.54) is 24.4 Å². The van der Waals surface area contributed by atoms with Crippen LogP contribution < -0.4 is 10.1 Å². The molecule has 2 unspecified atom stereocenters. The van der Waals surface area contributed by atoms with E-state index in [-0.39, 0.29) is 11.9 Å². The van der Waals surface area contributed by atoms with E-state index in [1.807, 2.05) is 18.2 Å². The minimum absolute atomic E-state index is 0.0460. The normalized spacial score (nSPS) is 27.3. The van der Waals surface area contributed by atoms with Crippen molar-refractivity contribution >= 4 is 27.5 Å². The summed E-state index contributed by atoms with van der Waals surface area (Å²) in [7, 11) is 3.85. The van der Waals surface area contributed by atoms with Crippen molar-refractivity contribution in [3.05, 3.63) is 23.9 Å². The number of hydrogen-bond acceptors (Lipinski definition) is 5. The van der Waals surface area contributed by atoms with Crippen molar-refractivity contribution < 1.29 is 9.53 Å². The van der Waals surface area contributed by atoms with Crippen molar-refractivity contribution in [3.8, 4) is 5.75 Å². The summed E-state index contributed by atoms with van der Waals surface area (Å²) >= 11 is 1.35. The third-order valence-corrected chi connectivity index (χ3v) is 6.14. The third-order valence-electron chi connectivity index (χ3n) is 5.33. The summed E-state index contributed by atoms with van der Waals surface area (Å²) in [5, 5.41) is 4.12. The Kier molecular flexibility index (Phi) is 3.73. The highest BCUT2D eigenvalue weighted by Crippen LogP contribution is 2.34. The molecule has 1 aromatic heterocycles. The molecule has 4 rings (SSSR count). The van der Waals surface area contributed by atoms with Gasteiger partial charge in [-0.2, -0.15) is 4.37 Å². The maximum Gasteiger partial charge on any atom is 0.271 e. The highest BCUT2D eigenvalue weighted by atomic mass is 32.1. The molecule has 1 aromatic carbocycles. The van der Waals surface area contributed by atoms with Crippen LogP contribution in [0.2, 0.25) is 0 Å². The summed E-state index contributed by atoms with van der Waals surface area (Å²) in [5.74, 6) is 0.746. The van der Waals surface area contributed by atoms with Crippen molar-refractivity contribution in [1.29, 1.82) is 0 Å². The number of rotatable bonds is 3. The Bertz CT molecular complexity index is 731. The number of methoxy groups -OCH3 is 1. The van der Waals surface area contributed by atoms with E-state index in [9.17, 15) is 4.79 Å². The van der Waals surface area contributed by atoms with Crippen LogP contribution in [0.1, 0.15) is 36.2 Å². The molecule has 1 amide bonds. The summed E-state index contributed by atoms with van der Waals surface area (Å²) in [4.78, 5) is 15.1. The fourth-order valence-corrected chi connectivity index (χ4v) is 4.79. The van der Waals surface area contributed by atoms with Crippen LogP contribution in [0.4, 0.5) is 0 Å². The van der Waals surface area contributed by atoms with Crippen LogP contribution in [0.5, 0.6) is 5.75 Å². The molecule has 5 nitrogen and oxygen atoms in total. The maximum absolute atomic E-state index is 12.6. The topological polar surface area (TPSA) is 54.5 Å². The maximum atomic E-state index is 12.6. The Morgan fingerprint density at radius 2 is 2.09 bits per heavy atom. The predicted octanol–water partition coefficient (Wildman–Crippen LogP) is 2.66. The average Bonchev–Trinajstić information content (AvgIpc) is 3.04. The number of ether oxygens (including phenoxy) is 1. The molecule has 2 fully saturated rings. The fraction of sp³-hybridized carbons (Fsp3) is 0.529. The van der Waals surface area contributed by atoms with Gasteiger partial charge in [0.15, 0.2) is 0 Å². The van der Waals surface area contributed by atoms with Crippen LogP contribution in [0.25, 0.3) is 10.1 Å². The van der Waals surface area contributed by atoms with Gasteiger partial charge in [0.1, 0.15) is 11.4 Å². The van der Waals surface area contributed by atoms with Gasteiger partial charge in [-0.1, -0.05) is 0 Å². The standard InChI is InChI=1S/C17H21N3O2S/c1-20-11-3-4-12(20)8-10(7-11)18-17(21)16-14-6-5-13(22-2)9-15(14)23-19-16/h5-6,9-12H,3-4,7-8H2,1-2H3,(H,18,21). The van der Waals surface area contributed by atoms with Crippen molar-refractivity contribution in [2.24, 2.45) is 0 Å². The van der Waals surface area contributed by atoms with Gasteiger partial charge in [-0.25, -0.2) is 0 Å². The summed E-state index contributed by atoms with van der Waals surface area (Å²) < 4.78 is 10.6. The molecular formula is C17H21N3O2S. The number of piperidine rings is 1. The second kappa shape index (κ2) is 5.76. The Balaban J connectivity index is 1.51. The number of carbonyl (C=O) groups excluding carboxylic acids is 1. The summed E-state index contributed by atoms with van der Waals surface area (Å²) in [6.45, 7) is 0. The molecule has 2 saturated heterocycles. The van der Waals surface area contributed by atoms with Crippen LogP contribution in [0.3, 0.4) is 0 Å². The second-order valence-electron chi connectivity index (χ2n) is 6.59. The molecule has 2 aromatic rings. The first kappa shape index (κ1) is 14.9. The second-order valence-corrected chi connectivity index (χ2v) is 7.39. The Morgan fingerprint density at radius 1 is 1.35 bits per heavy atom. The number of nitrogens with one attached hydrogen (secondary N) is 1. The zero-order chi connectivity index (χ0) is 16.0. The smallest absolute Gasteiger partial charge is 0.271 e. The number of amides is 1. The molecule has 3 heterocycles. The van der Waals surface area contributed by atoms with E-state index in [0.717, 1.165) is 28.7 Å². The third kappa shape index (κ3) is 2.60. The summed E-state index contributed by atoms with van der Waals surface area (Å²) in [6, 6.07) is 7.24. The van der Waals surface area contributed by atoms with Gasteiger partial charge >= 0.3 is 0 Å². The van der Waals surface area contributed by atoms with Gasteiger partial charge in [-0.15, -0.1) is 0 Å². The zero-order valence-electron chi connectivity index (χ0n) is 13.4. The van der Waals surface area contributed by atoms with E-state index < -0.39 is 0 Å². The molecule has 1 N–H and O–H groups in total. The molecule has 2 atom stereocenters. The van der Waals surface area contributed by atoms with Gasteiger partial charge in [-0.3, -0.25) is 4.79 Å². The first-order chi connectivity index (χ1) is 11.2. The fourth-order valence-electron chi connectivity index (χ4n) is 3.99. The minimum atomic E-state index is -0.0460. The molecule has 0 spiro atoms. The number of aromatic nitrogens is 1. The molecule has 2 bridgehead atoms. The molecule has 0 saturated carbocycles. The van der Waals surface area contributed by atoms with Gasteiger partial charge in [0.2, 0.25) is 0 Å². The van der Waals surface area contributed by atoms with E-state index in [4.69, 9.17) is 4.74 Å². The number of carbonyl (C=O) groups is 1. The van der Waals surface area contributed by atoms with E-state index in [1.54, 1.807) is 7.11 Å². The van der Waals surface area contributed by atoms with Crippen LogP contribution in [0, 0.1) is 0 Å². The molecule has 0 aliphatic carbocycles. The lowest BCUT2D eigenvalue weighted by atomic mass is 9.98. The number of fused-ring (bicyclic) bond motifs is 3. The Morgan fingerprint density at radius 3 is 2.78 bits per heavy atom. The van der Waals surface area contributed by atoms with Gasteiger partial charge in [0, 0.05) is 23.5 Å². The largest absolute Gasteiger partial charge is 0.497 e.